The lowest BCUT2D eigenvalue weighted by Gasteiger charge is -2.37. The maximum absolute atomic E-state index is 12.6. The van der Waals surface area contributed by atoms with E-state index in [0.29, 0.717) is 5.91 Å². The smallest absolute Gasteiger partial charge is 0.225 e. The number of piperazine rings is 1. The van der Waals surface area contributed by atoms with Crippen molar-refractivity contribution in [3.8, 4) is 0 Å². The molecule has 1 aromatic rings. The summed E-state index contributed by atoms with van der Waals surface area (Å²) in [5.74, 6) is 0.604. The van der Waals surface area contributed by atoms with Crippen LogP contribution in [0, 0.1) is 5.92 Å². The molecule has 1 saturated heterocycles. The monoisotopic (exact) mass is 288 g/mol. The summed E-state index contributed by atoms with van der Waals surface area (Å²) in [4.78, 5) is 17.0. The molecule has 3 nitrogen and oxygen atoms in total. The topological polar surface area (TPSA) is 23.6 Å². The average Bonchev–Trinajstić information content (AvgIpc) is 2.56. The number of unbranched alkanes of at least 4 members (excludes halogenated alkanes) is 1. The molecule has 0 aliphatic carbocycles. The van der Waals surface area contributed by atoms with E-state index in [1.54, 1.807) is 0 Å². The first kappa shape index (κ1) is 15.9. The fourth-order valence-electron chi connectivity index (χ4n) is 3.03. The third-order valence-corrected chi connectivity index (χ3v) is 4.46. The van der Waals surface area contributed by atoms with E-state index in [9.17, 15) is 4.79 Å². The van der Waals surface area contributed by atoms with Crippen LogP contribution in [0.25, 0.3) is 0 Å². The molecule has 1 aliphatic rings. The van der Waals surface area contributed by atoms with Crippen LogP contribution in [0.3, 0.4) is 0 Å². The van der Waals surface area contributed by atoms with Gasteiger partial charge in [0.25, 0.3) is 0 Å². The first-order valence-corrected chi connectivity index (χ1v) is 8.35. The van der Waals surface area contributed by atoms with Crippen LogP contribution in [-0.2, 0) is 4.79 Å². The number of carbonyl (C=O) groups excluding carboxylic acids is 1. The first-order valence-electron chi connectivity index (χ1n) is 8.35. The number of rotatable bonds is 6. The highest BCUT2D eigenvalue weighted by atomic mass is 16.2. The molecular weight excluding hydrogens is 260 g/mol. The summed E-state index contributed by atoms with van der Waals surface area (Å²) in [6.45, 7) is 7.93. The second-order valence-corrected chi connectivity index (χ2v) is 5.90. The summed E-state index contributed by atoms with van der Waals surface area (Å²) in [7, 11) is 0. The second kappa shape index (κ2) is 8.06. The van der Waals surface area contributed by atoms with Crippen molar-refractivity contribution in [2.75, 3.05) is 31.1 Å². The van der Waals surface area contributed by atoms with E-state index in [-0.39, 0.29) is 5.92 Å². The van der Waals surface area contributed by atoms with Gasteiger partial charge in [-0.2, -0.15) is 0 Å². The molecule has 0 saturated carbocycles. The molecule has 1 heterocycles. The molecule has 1 unspecified atom stereocenters. The van der Waals surface area contributed by atoms with Crippen molar-refractivity contribution in [2.45, 2.75) is 39.5 Å². The Labute approximate surface area is 128 Å². The van der Waals surface area contributed by atoms with E-state index in [1.165, 1.54) is 12.1 Å². The molecule has 21 heavy (non-hydrogen) atoms. The van der Waals surface area contributed by atoms with Crippen molar-refractivity contribution < 1.29 is 4.79 Å². The standard InChI is InChI=1S/C18H28N2O/c1-3-5-9-16(4-2)18(21)20-14-12-19(13-15-20)17-10-7-6-8-11-17/h6-8,10-11,16H,3-5,9,12-15H2,1-2H3. The van der Waals surface area contributed by atoms with Crippen molar-refractivity contribution in [1.29, 1.82) is 0 Å². The second-order valence-electron chi connectivity index (χ2n) is 5.90. The van der Waals surface area contributed by atoms with Gasteiger partial charge in [0.15, 0.2) is 0 Å². The van der Waals surface area contributed by atoms with Gasteiger partial charge in [-0.25, -0.2) is 0 Å². The predicted octanol–water partition coefficient (Wildman–Crippen LogP) is 3.55. The van der Waals surface area contributed by atoms with Crippen LogP contribution in [-0.4, -0.2) is 37.0 Å². The third-order valence-electron chi connectivity index (χ3n) is 4.46. The zero-order chi connectivity index (χ0) is 15.1. The van der Waals surface area contributed by atoms with Gasteiger partial charge in [0.1, 0.15) is 0 Å². The van der Waals surface area contributed by atoms with Crippen molar-refractivity contribution >= 4 is 11.6 Å². The molecule has 0 radical (unpaired) electrons. The summed E-state index contributed by atoms with van der Waals surface area (Å²) in [5.41, 5.74) is 1.27. The van der Waals surface area contributed by atoms with Crippen LogP contribution >= 0.6 is 0 Å². The average molecular weight is 288 g/mol. The predicted molar refractivity (Wildman–Crippen MR) is 88.5 cm³/mol. The van der Waals surface area contributed by atoms with Crippen molar-refractivity contribution in [3.05, 3.63) is 30.3 Å². The van der Waals surface area contributed by atoms with Gasteiger partial charge >= 0.3 is 0 Å². The van der Waals surface area contributed by atoms with Crippen molar-refractivity contribution in [2.24, 2.45) is 5.92 Å². The number of amides is 1. The Morgan fingerprint density at radius 2 is 1.76 bits per heavy atom. The zero-order valence-corrected chi connectivity index (χ0v) is 13.4. The quantitative estimate of drug-likeness (QED) is 0.799. The van der Waals surface area contributed by atoms with Crippen molar-refractivity contribution in [1.82, 2.24) is 4.90 Å². The zero-order valence-electron chi connectivity index (χ0n) is 13.4. The molecule has 0 bridgehead atoms. The number of hydrogen-bond donors (Lipinski definition) is 0. The van der Waals surface area contributed by atoms with E-state index in [0.717, 1.165) is 45.4 Å². The summed E-state index contributed by atoms with van der Waals surface area (Å²) in [5, 5.41) is 0. The van der Waals surface area contributed by atoms with Crippen LogP contribution in [0.15, 0.2) is 30.3 Å². The summed E-state index contributed by atoms with van der Waals surface area (Å²) >= 11 is 0. The fourth-order valence-corrected chi connectivity index (χ4v) is 3.03. The minimum Gasteiger partial charge on any atom is -0.368 e. The lowest BCUT2D eigenvalue weighted by Crippen LogP contribution is -2.50. The van der Waals surface area contributed by atoms with E-state index in [2.05, 4.69) is 47.9 Å². The molecule has 116 valence electrons. The largest absolute Gasteiger partial charge is 0.368 e. The van der Waals surface area contributed by atoms with Gasteiger partial charge in [0.05, 0.1) is 0 Å². The SMILES string of the molecule is CCCCC(CC)C(=O)N1CCN(c2ccccc2)CC1. The molecule has 2 rings (SSSR count). The van der Waals surface area contributed by atoms with Gasteiger partial charge < -0.3 is 9.80 Å². The molecule has 1 atom stereocenters. The van der Waals surface area contributed by atoms with Crippen LogP contribution in [0.1, 0.15) is 39.5 Å². The highest BCUT2D eigenvalue weighted by Gasteiger charge is 2.26. The molecular formula is C18H28N2O. The summed E-state index contributed by atoms with van der Waals surface area (Å²) in [6, 6.07) is 10.5. The van der Waals surface area contributed by atoms with E-state index in [1.807, 2.05) is 6.07 Å². The van der Waals surface area contributed by atoms with Gasteiger partial charge in [0, 0.05) is 37.8 Å². The Balaban J connectivity index is 1.86. The molecule has 1 fully saturated rings. The van der Waals surface area contributed by atoms with E-state index < -0.39 is 0 Å². The summed E-state index contributed by atoms with van der Waals surface area (Å²) in [6.07, 6.45) is 4.35. The lowest BCUT2D eigenvalue weighted by molar-refractivity contribution is -0.136. The van der Waals surface area contributed by atoms with Crippen LogP contribution < -0.4 is 4.90 Å². The maximum Gasteiger partial charge on any atom is 0.225 e. The Kier molecular flexibility index (Phi) is 6.09. The number of carbonyl (C=O) groups is 1. The van der Waals surface area contributed by atoms with Crippen LogP contribution in [0.5, 0.6) is 0 Å². The van der Waals surface area contributed by atoms with Gasteiger partial charge in [-0.05, 0) is 25.0 Å². The minimum atomic E-state index is 0.230. The van der Waals surface area contributed by atoms with E-state index in [4.69, 9.17) is 0 Å². The summed E-state index contributed by atoms with van der Waals surface area (Å²) < 4.78 is 0. The van der Waals surface area contributed by atoms with Crippen LogP contribution in [0.2, 0.25) is 0 Å². The number of hydrogen-bond acceptors (Lipinski definition) is 2. The van der Waals surface area contributed by atoms with Gasteiger partial charge in [0.2, 0.25) is 5.91 Å². The van der Waals surface area contributed by atoms with Crippen LogP contribution in [0.4, 0.5) is 5.69 Å². The highest BCUT2D eigenvalue weighted by molar-refractivity contribution is 5.79. The van der Waals surface area contributed by atoms with Gasteiger partial charge in [-0.15, -0.1) is 0 Å². The number of benzene rings is 1. The molecule has 0 spiro atoms. The maximum atomic E-state index is 12.6. The van der Waals surface area contributed by atoms with E-state index >= 15 is 0 Å². The first-order chi connectivity index (χ1) is 10.3. The molecule has 1 aliphatic heterocycles. The fraction of sp³-hybridized carbons (Fsp3) is 0.611. The van der Waals surface area contributed by atoms with Crippen molar-refractivity contribution in [3.63, 3.8) is 0 Å². The third kappa shape index (κ3) is 4.23. The number of para-hydroxylation sites is 1. The van der Waals surface area contributed by atoms with Gasteiger partial charge in [-0.1, -0.05) is 44.9 Å². The lowest BCUT2D eigenvalue weighted by atomic mass is 9.97. The Morgan fingerprint density at radius 1 is 1.10 bits per heavy atom. The normalized spacial score (nSPS) is 16.9. The Bertz CT molecular complexity index is 424. The molecule has 0 N–H and O–H groups in total. The highest BCUT2D eigenvalue weighted by Crippen LogP contribution is 2.19. The molecule has 3 heteroatoms. The Hall–Kier alpha value is -1.51. The molecule has 1 aromatic carbocycles. The minimum absolute atomic E-state index is 0.230. The molecule has 0 aromatic heterocycles. The van der Waals surface area contributed by atoms with Gasteiger partial charge in [-0.3, -0.25) is 4.79 Å². The Morgan fingerprint density at radius 3 is 2.33 bits per heavy atom. The number of nitrogens with zero attached hydrogens (tertiary/aromatic N) is 2. The molecule has 1 amide bonds. The number of anilines is 1.